The number of aliphatic hydroxyl groups is 8. The van der Waals surface area contributed by atoms with Gasteiger partial charge in [0.15, 0.2) is 12.6 Å². The topological polar surface area (TPSA) is 228 Å². The summed E-state index contributed by atoms with van der Waals surface area (Å²) in [5.41, 5.74) is 0. The Bertz CT molecular complexity index is 1070. The molecule has 2 rings (SSSR count). The monoisotopic (exact) mass is 862 g/mol. The van der Waals surface area contributed by atoms with Gasteiger partial charge in [0.25, 0.3) is 0 Å². The van der Waals surface area contributed by atoms with Crippen molar-refractivity contribution in [3.8, 4) is 0 Å². The number of carbonyl (C=O) groups is 1. The first-order valence-corrected chi connectivity index (χ1v) is 23.9. The van der Waals surface area contributed by atoms with E-state index in [2.05, 4.69) is 12.2 Å². The summed E-state index contributed by atoms with van der Waals surface area (Å²) in [5, 5.41) is 85.3. The molecule has 2 saturated heterocycles. The Hall–Kier alpha value is -1.27. The van der Waals surface area contributed by atoms with Crippen LogP contribution in [0.25, 0.3) is 0 Å². The van der Waals surface area contributed by atoms with Crippen LogP contribution in [0.3, 0.4) is 0 Å². The molecule has 9 N–H and O–H groups in total. The van der Waals surface area contributed by atoms with Crippen molar-refractivity contribution >= 4 is 5.91 Å². The highest BCUT2D eigenvalue weighted by Gasteiger charge is 2.50. The molecule has 2 fully saturated rings. The fourth-order valence-corrected chi connectivity index (χ4v) is 8.02. The molecule has 0 saturated carbocycles. The summed E-state index contributed by atoms with van der Waals surface area (Å²) in [7, 11) is 0. The molecule has 0 aliphatic carbocycles. The Morgan fingerprint density at radius 2 is 1.02 bits per heavy atom. The Balaban J connectivity index is 1.57. The fraction of sp³-hybridized carbons (Fsp3) is 0.935. The Labute approximate surface area is 361 Å². The molecule has 0 radical (unpaired) electrons. The second-order valence-electron chi connectivity index (χ2n) is 17.2. The summed E-state index contributed by atoms with van der Waals surface area (Å²) in [5.74, 6) is -0.326. The highest BCUT2D eigenvalue weighted by molar-refractivity contribution is 5.75. The van der Waals surface area contributed by atoms with Gasteiger partial charge in [0.2, 0.25) is 5.91 Å². The second-order valence-corrected chi connectivity index (χ2v) is 17.2. The predicted octanol–water partition coefficient (Wildman–Crippen LogP) is 5.21. The smallest absolute Gasteiger partial charge is 0.220 e. The van der Waals surface area contributed by atoms with Gasteiger partial charge in [-0.1, -0.05) is 174 Å². The summed E-state index contributed by atoms with van der Waals surface area (Å²) in [6.45, 7) is 2.23. The zero-order chi connectivity index (χ0) is 44.0. The molecule has 0 aromatic rings. The summed E-state index contributed by atoms with van der Waals surface area (Å²) in [6, 6.07) is -0.906. The van der Waals surface area contributed by atoms with Gasteiger partial charge < -0.3 is 65.1 Å². The Morgan fingerprint density at radius 3 is 1.47 bits per heavy atom. The number of amides is 1. The van der Waals surface area contributed by atoms with E-state index in [1.54, 1.807) is 13.0 Å². The van der Waals surface area contributed by atoms with Crippen LogP contribution in [0, 0.1) is 0 Å². The highest BCUT2D eigenvalue weighted by atomic mass is 16.7. The van der Waals surface area contributed by atoms with Crippen LogP contribution in [0.15, 0.2) is 12.2 Å². The van der Waals surface area contributed by atoms with E-state index < -0.39 is 86.8 Å². The van der Waals surface area contributed by atoms with Gasteiger partial charge in [0, 0.05) is 6.42 Å². The van der Waals surface area contributed by atoms with E-state index >= 15 is 0 Å². The number of allylic oxidation sites excluding steroid dienone is 1. The molecule has 2 aliphatic rings. The summed E-state index contributed by atoms with van der Waals surface area (Å²) < 4.78 is 22.3. The van der Waals surface area contributed by atoms with Crippen molar-refractivity contribution in [2.24, 2.45) is 0 Å². The van der Waals surface area contributed by atoms with Crippen molar-refractivity contribution in [2.45, 2.75) is 254 Å². The van der Waals surface area contributed by atoms with Gasteiger partial charge in [-0.15, -0.1) is 0 Å². The van der Waals surface area contributed by atoms with E-state index in [1.807, 2.05) is 6.08 Å². The zero-order valence-electron chi connectivity index (χ0n) is 37.2. The summed E-state index contributed by atoms with van der Waals surface area (Å²) in [6.07, 6.45) is 19.7. The molecule has 354 valence electrons. The first kappa shape index (κ1) is 54.9. The highest BCUT2D eigenvalue weighted by Crippen LogP contribution is 2.30. The van der Waals surface area contributed by atoms with Crippen LogP contribution in [-0.4, -0.2) is 140 Å². The fourth-order valence-electron chi connectivity index (χ4n) is 8.02. The number of aliphatic hydroxyl groups excluding tert-OH is 8. The first-order chi connectivity index (χ1) is 29.1. The minimum atomic E-state index is -1.78. The normalized spacial score (nSPS) is 28.3. The molecule has 0 aromatic heterocycles. The van der Waals surface area contributed by atoms with E-state index in [0.717, 1.165) is 19.3 Å². The number of hydrogen-bond donors (Lipinski definition) is 9. The maximum atomic E-state index is 12.3. The van der Waals surface area contributed by atoms with Crippen LogP contribution in [0.1, 0.15) is 181 Å². The van der Waals surface area contributed by atoms with Crippen molar-refractivity contribution < 1.29 is 64.6 Å². The summed E-state index contributed by atoms with van der Waals surface area (Å²) >= 11 is 0. The van der Waals surface area contributed by atoms with Crippen molar-refractivity contribution in [3.05, 3.63) is 12.2 Å². The van der Waals surface area contributed by atoms with Crippen LogP contribution >= 0.6 is 0 Å². The number of unbranched alkanes of at least 4 members (excludes halogenated alkanes) is 24. The van der Waals surface area contributed by atoms with Crippen molar-refractivity contribution in [1.29, 1.82) is 0 Å². The Morgan fingerprint density at radius 1 is 0.583 bits per heavy atom. The quantitative estimate of drug-likeness (QED) is 0.0292. The average molecular weight is 862 g/mol. The van der Waals surface area contributed by atoms with Crippen LogP contribution in [0.4, 0.5) is 0 Å². The number of nitrogens with one attached hydrogen (secondary N) is 1. The van der Waals surface area contributed by atoms with Gasteiger partial charge in [-0.2, -0.15) is 0 Å². The van der Waals surface area contributed by atoms with Gasteiger partial charge in [-0.05, 0) is 12.8 Å². The third-order valence-electron chi connectivity index (χ3n) is 12.0. The Kier molecular flexibility index (Phi) is 31.3. The lowest BCUT2D eigenvalue weighted by Gasteiger charge is -2.46. The molecule has 0 aromatic carbocycles. The van der Waals surface area contributed by atoms with Gasteiger partial charge in [0.1, 0.15) is 48.8 Å². The minimum absolute atomic E-state index is 0.164. The standard InChI is InChI=1S/C46H87NO13/c1-3-5-6-7-8-9-10-11-12-13-14-15-16-17-18-19-20-21-22-23-24-25-26-27-28-29-30-35(50)34(47-38(51)4-2)33-57-45-43(56)41(54)44(37(32-49)59-45)60-46-42(55)40(53)39(52)36(31-48)58-46/h29-30,34-37,39-46,48-50,52-56H,3-28,31-33H2,1-2H3,(H,47,51)/b30-29+. The molecule has 12 atom stereocenters. The molecular formula is C46H87NO13. The average Bonchev–Trinajstić information content (AvgIpc) is 3.25. The molecule has 14 nitrogen and oxygen atoms in total. The number of ether oxygens (including phenoxy) is 4. The van der Waals surface area contributed by atoms with E-state index in [9.17, 15) is 45.6 Å². The maximum Gasteiger partial charge on any atom is 0.220 e. The van der Waals surface area contributed by atoms with Crippen LogP contribution < -0.4 is 5.32 Å². The lowest BCUT2D eigenvalue weighted by Crippen LogP contribution is -2.65. The van der Waals surface area contributed by atoms with Gasteiger partial charge >= 0.3 is 0 Å². The molecule has 0 bridgehead atoms. The predicted molar refractivity (Wildman–Crippen MR) is 231 cm³/mol. The lowest BCUT2D eigenvalue weighted by molar-refractivity contribution is -0.359. The van der Waals surface area contributed by atoms with E-state index in [1.165, 1.54) is 141 Å². The lowest BCUT2D eigenvalue weighted by atomic mass is 9.97. The molecule has 0 spiro atoms. The van der Waals surface area contributed by atoms with Crippen molar-refractivity contribution in [2.75, 3.05) is 19.8 Å². The zero-order valence-corrected chi connectivity index (χ0v) is 37.2. The van der Waals surface area contributed by atoms with E-state index in [-0.39, 0.29) is 18.9 Å². The van der Waals surface area contributed by atoms with Crippen LogP contribution in [0.5, 0.6) is 0 Å². The van der Waals surface area contributed by atoms with E-state index in [4.69, 9.17) is 18.9 Å². The number of hydrogen-bond acceptors (Lipinski definition) is 13. The molecule has 60 heavy (non-hydrogen) atoms. The van der Waals surface area contributed by atoms with Crippen molar-refractivity contribution in [1.82, 2.24) is 5.32 Å². The number of rotatable bonds is 36. The van der Waals surface area contributed by atoms with Gasteiger partial charge in [-0.25, -0.2) is 0 Å². The number of carbonyl (C=O) groups excluding carboxylic acids is 1. The SMILES string of the molecule is CCCCCCCCCCCCCCCCCCCCCCCCCC/C=C/C(O)C(COC1OC(CO)C(OC2OC(CO)C(O)C(O)C2O)C(O)C1O)NC(=O)CC. The van der Waals surface area contributed by atoms with Crippen LogP contribution in [-0.2, 0) is 23.7 Å². The molecule has 12 unspecified atom stereocenters. The van der Waals surface area contributed by atoms with Crippen molar-refractivity contribution in [3.63, 3.8) is 0 Å². The molecule has 2 aliphatic heterocycles. The van der Waals surface area contributed by atoms with Crippen LogP contribution in [0.2, 0.25) is 0 Å². The first-order valence-electron chi connectivity index (χ1n) is 23.9. The third-order valence-corrected chi connectivity index (χ3v) is 12.0. The maximum absolute atomic E-state index is 12.3. The molecule has 1 amide bonds. The van der Waals surface area contributed by atoms with E-state index in [0.29, 0.717) is 0 Å². The minimum Gasteiger partial charge on any atom is -0.394 e. The second kappa shape index (κ2) is 34.2. The van der Waals surface area contributed by atoms with Gasteiger partial charge in [0.05, 0.1) is 32.0 Å². The largest absolute Gasteiger partial charge is 0.394 e. The van der Waals surface area contributed by atoms with Gasteiger partial charge in [-0.3, -0.25) is 4.79 Å². The summed E-state index contributed by atoms with van der Waals surface area (Å²) in [4.78, 5) is 12.3. The molecule has 14 heteroatoms. The molecular weight excluding hydrogens is 775 g/mol. The third kappa shape index (κ3) is 21.9. The molecule has 2 heterocycles.